The summed E-state index contributed by atoms with van der Waals surface area (Å²) >= 11 is 0. The van der Waals surface area contributed by atoms with Gasteiger partial charge in [0.15, 0.2) is 42.5 Å². The molecule has 0 aromatic rings. The molecular formula is C26H38O15. The second-order valence-electron chi connectivity index (χ2n) is 11.1. The topological polar surface area (TPSA) is 170 Å². The van der Waals surface area contributed by atoms with Crippen molar-refractivity contribution in [3.05, 3.63) is 0 Å². The van der Waals surface area contributed by atoms with Crippen LogP contribution in [0.15, 0.2) is 0 Å². The first-order valence-electron chi connectivity index (χ1n) is 13.3. The van der Waals surface area contributed by atoms with Crippen molar-refractivity contribution in [1.82, 2.24) is 0 Å². The Morgan fingerprint density at radius 3 is 1.85 bits per heavy atom. The molecule has 15 nitrogen and oxygen atoms in total. The predicted molar refractivity (Wildman–Crippen MR) is 130 cm³/mol. The summed E-state index contributed by atoms with van der Waals surface area (Å²) < 4.78 is 64.1. The van der Waals surface area contributed by atoms with Gasteiger partial charge in [-0.25, -0.2) is 0 Å². The first-order chi connectivity index (χ1) is 19.0. The van der Waals surface area contributed by atoms with Crippen LogP contribution in [0.5, 0.6) is 0 Å². The number of hydrogen-bond acceptors (Lipinski definition) is 15. The van der Waals surface area contributed by atoms with Gasteiger partial charge in [0.05, 0.1) is 6.61 Å². The van der Waals surface area contributed by atoms with Gasteiger partial charge in [-0.3, -0.25) is 19.2 Å². The van der Waals surface area contributed by atoms with E-state index in [-0.39, 0.29) is 6.61 Å². The molecule has 4 aliphatic rings. The highest BCUT2D eigenvalue weighted by molar-refractivity contribution is 5.68. The molecule has 0 saturated carbocycles. The molecule has 4 rings (SSSR count). The molecule has 0 aliphatic carbocycles. The van der Waals surface area contributed by atoms with Crippen molar-refractivity contribution in [3.8, 4) is 0 Å². The Bertz CT molecular complexity index is 1010. The van der Waals surface area contributed by atoms with Crippen LogP contribution < -0.4 is 0 Å². The van der Waals surface area contributed by atoms with Gasteiger partial charge >= 0.3 is 23.9 Å². The van der Waals surface area contributed by atoms with Gasteiger partial charge in [-0.15, -0.1) is 0 Å². The van der Waals surface area contributed by atoms with Crippen LogP contribution in [0, 0.1) is 0 Å². The number of rotatable bonds is 8. The first-order valence-corrected chi connectivity index (χ1v) is 13.3. The molecule has 0 bridgehead atoms. The molecule has 41 heavy (non-hydrogen) atoms. The second-order valence-corrected chi connectivity index (χ2v) is 11.1. The largest absolute Gasteiger partial charge is 0.463 e. The lowest BCUT2D eigenvalue weighted by atomic mass is 9.97. The number of esters is 4. The Balaban J connectivity index is 1.69. The highest BCUT2D eigenvalue weighted by atomic mass is 16.9. The minimum atomic E-state index is -1.44. The zero-order chi connectivity index (χ0) is 30.3. The highest BCUT2D eigenvalue weighted by Crippen LogP contribution is 2.43. The SMILES string of the molecule is CC(=O)OC[C@H]1O[C@H](O[C@@H]2[C@H]3OC(C)(C)O[C@H]3O[C@@H]2[C@@H]2COC(C)(C)O2)[C@@H](OC(C)=O)[C@@H](OC(C)=O)[C@@H]1OC(C)=O. The van der Waals surface area contributed by atoms with Crippen molar-refractivity contribution in [2.75, 3.05) is 13.2 Å². The van der Waals surface area contributed by atoms with E-state index in [2.05, 4.69) is 0 Å². The van der Waals surface area contributed by atoms with Crippen LogP contribution in [0.1, 0.15) is 55.4 Å². The van der Waals surface area contributed by atoms with E-state index in [1.807, 2.05) is 0 Å². The number of carbonyl (C=O) groups excluding carboxylic acids is 4. The normalized spacial score (nSPS) is 39.0. The van der Waals surface area contributed by atoms with Crippen molar-refractivity contribution < 1.29 is 71.3 Å². The fourth-order valence-corrected chi connectivity index (χ4v) is 5.29. The van der Waals surface area contributed by atoms with Crippen LogP contribution >= 0.6 is 0 Å². The molecule has 4 aliphatic heterocycles. The Morgan fingerprint density at radius 1 is 0.683 bits per heavy atom. The quantitative estimate of drug-likeness (QED) is 0.282. The lowest BCUT2D eigenvalue weighted by molar-refractivity contribution is -0.329. The maximum Gasteiger partial charge on any atom is 0.303 e. The molecule has 232 valence electrons. The number of carbonyl (C=O) groups is 4. The minimum Gasteiger partial charge on any atom is -0.463 e. The fourth-order valence-electron chi connectivity index (χ4n) is 5.29. The van der Waals surface area contributed by atoms with E-state index in [9.17, 15) is 19.2 Å². The van der Waals surface area contributed by atoms with Crippen molar-refractivity contribution in [3.63, 3.8) is 0 Å². The molecule has 0 spiro atoms. The van der Waals surface area contributed by atoms with Gasteiger partial charge in [0.1, 0.15) is 37.1 Å². The summed E-state index contributed by atoms with van der Waals surface area (Å²) in [6, 6.07) is 0. The number of fused-ring (bicyclic) bond motifs is 1. The zero-order valence-electron chi connectivity index (χ0n) is 24.3. The predicted octanol–water partition coefficient (Wildman–Crippen LogP) is 0.483. The van der Waals surface area contributed by atoms with Gasteiger partial charge in [-0.2, -0.15) is 0 Å². The van der Waals surface area contributed by atoms with E-state index >= 15 is 0 Å². The summed E-state index contributed by atoms with van der Waals surface area (Å²) in [6.07, 6.45) is -10.6. The van der Waals surface area contributed by atoms with Crippen LogP contribution in [0.2, 0.25) is 0 Å². The van der Waals surface area contributed by atoms with Crippen molar-refractivity contribution in [1.29, 1.82) is 0 Å². The Kier molecular flexibility index (Phi) is 9.28. The van der Waals surface area contributed by atoms with E-state index in [1.165, 1.54) is 6.92 Å². The molecule has 10 atom stereocenters. The van der Waals surface area contributed by atoms with Crippen molar-refractivity contribution in [2.45, 2.75) is 128 Å². The van der Waals surface area contributed by atoms with Gasteiger partial charge in [-0.1, -0.05) is 0 Å². The molecule has 0 radical (unpaired) electrons. The van der Waals surface area contributed by atoms with Crippen LogP contribution in [0.4, 0.5) is 0 Å². The van der Waals surface area contributed by atoms with Crippen LogP contribution in [0.25, 0.3) is 0 Å². The first kappa shape index (κ1) is 31.5. The summed E-state index contributed by atoms with van der Waals surface area (Å²) in [5.41, 5.74) is 0. The van der Waals surface area contributed by atoms with Crippen molar-refractivity contribution >= 4 is 23.9 Å². The van der Waals surface area contributed by atoms with Gasteiger partial charge in [0.25, 0.3) is 0 Å². The number of hydrogen-bond donors (Lipinski definition) is 0. The lowest BCUT2D eigenvalue weighted by Crippen LogP contribution is -2.64. The summed E-state index contributed by atoms with van der Waals surface area (Å²) in [5.74, 6) is -4.77. The molecule has 0 aromatic heterocycles. The van der Waals surface area contributed by atoms with Crippen LogP contribution in [-0.2, 0) is 71.3 Å². The van der Waals surface area contributed by atoms with E-state index in [4.69, 9.17) is 52.1 Å². The van der Waals surface area contributed by atoms with E-state index in [1.54, 1.807) is 27.7 Å². The molecule has 4 saturated heterocycles. The molecule has 0 aromatic carbocycles. The standard InChI is InChI=1S/C26H38O15/c1-11(27)31-9-15-17(33-12(2)28)19(34-13(3)29)21(35-14(4)30)23(36-15)38-20-18(16-10-32-25(5,6)39-16)37-24-22(20)40-26(7,8)41-24/h15-24H,9-10H2,1-8H3/t15-,16+,17-,18-,19+,20+,21+,22-,23-,24-/m1/s1. The highest BCUT2D eigenvalue weighted by Gasteiger charge is 2.61. The third-order valence-electron chi connectivity index (χ3n) is 6.66. The maximum atomic E-state index is 12.2. The molecule has 4 fully saturated rings. The van der Waals surface area contributed by atoms with E-state index in [0.29, 0.717) is 0 Å². The van der Waals surface area contributed by atoms with Gasteiger partial charge < -0.3 is 52.1 Å². The second kappa shape index (κ2) is 12.1. The summed E-state index contributed by atoms with van der Waals surface area (Å²) in [6.45, 7) is 11.3. The average molecular weight is 591 g/mol. The third-order valence-corrected chi connectivity index (χ3v) is 6.66. The Labute approximate surface area is 237 Å². The molecule has 0 unspecified atom stereocenters. The molecular weight excluding hydrogens is 552 g/mol. The van der Waals surface area contributed by atoms with Gasteiger partial charge in [0, 0.05) is 27.7 Å². The molecule has 15 heteroatoms. The fraction of sp³-hybridized carbons (Fsp3) is 0.846. The Morgan fingerprint density at radius 2 is 1.29 bits per heavy atom. The van der Waals surface area contributed by atoms with Crippen molar-refractivity contribution in [2.24, 2.45) is 0 Å². The zero-order valence-corrected chi connectivity index (χ0v) is 24.3. The smallest absolute Gasteiger partial charge is 0.303 e. The van der Waals surface area contributed by atoms with Crippen LogP contribution in [0.3, 0.4) is 0 Å². The van der Waals surface area contributed by atoms with E-state index < -0.39 is 103 Å². The summed E-state index contributed by atoms with van der Waals surface area (Å²) in [5, 5.41) is 0. The summed E-state index contributed by atoms with van der Waals surface area (Å²) in [4.78, 5) is 48.0. The third kappa shape index (κ3) is 7.52. The lowest BCUT2D eigenvalue weighted by Gasteiger charge is -2.45. The molecule has 0 amide bonds. The van der Waals surface area contributed by atoms with Crippen LogP contribution in [-0.4, -0.2) is 110 Å². The molecule has 4 heterocycles. The monoisotopic (exact) mass is 590 g/mol. The Hall–Kier alpha value is -2.40. The minimum absolute atomic E-state index is 0.179. The van der Waals surface area contributed by atoms with Gasteiger partial charge in [-0.05, 0) is 27.7 Å². The maximum absolute atomic E-state index is 12.2. The average Bonchev–Trinajstić information content (AvgIpc) is 3.44. The summed E-state index contributed by atoms with van der Waals surface area (Å²) in [7, 11) is 0. The van der Waals surface area contributed by atoms with Gasteiger partial charge in [0.2, 0.25) is 0 Å². The number of ether oxygens (including phenoxy) is 11. The van der Waals surface area contributed by atoms with E-state index in [0.717, 1.165) is 20.8 Å². The molecule has 0 N–H and O–H groups in total.